The van der Waals surface area contributed by atoms with Crippen LogP contribution in [-0.2, 0) is 17.9 Å². The number of halogens is 2. The highest BCUT2D eigenvalue weighted by Crippen LogP contribution is 2.38. The molecule has 0 aliphatic rings. The quantitative estimate of drug-likeness (QED) is 0.237. The molecule has 0 saturated heterocycles. The van der Waals surface area contributed by atoms with E-state index in [-0.39, 0.29) is 34.0 Å². The second kappa shape index (κ2) is 12.7. The Bertz CT molecular complexity index is 1960. The maximum atomic E-state index is 14.9. The Morgan fingerprint density at radius 1 is 1.02 bits per heavy atom. The minimum atomic E-state index is -1.10. The number of nitrogens with zero attached hydrogens (tertiary/aromatic N) is 5. The monoisotopic (exact) mass is 623 g/mol. The average molecular weight is 624 g/mol. The normalized spacial score (nSPS) is 11.2. The standard InChI is InChI=1S/C29H27F2N7O5S/c1-36(2)15-19-23-26(39)38(21-12-13-22(42-3)34-33-21)29(41)37(14-17-6-5-7-20(30)24(17)31)27(23)44-25(19)16-8-10-18(11-9-16)32-28(40)35-43-4/h5-13H,14-15H2,1-4H3,(H2,32,35,40). The highest BCUT2D eigenvalue weighted by Gasteiger charge is 2.25. The SMILES string of the molecule is CONC(=O)Nc1ccc(-c2sc3c(c2CN(C)C)c(=O)n(-c2ccc(OC)nn2)c(=O)n3Cc2cccc(F)c2F)cc1. The van der Waals surface area contributed by atoms with Gasteiger partial charge in [0.2, 0.25) is 5.88 Å². The van der Waals surface area contributed by atoms with Crippen LogP contribution in [0.4, 0.5) is 19.3 Å². The number of fused-ring (bicyclic) bond motifs is 1. The van der Waals surface area contributed by atoms with Gasteiger partial charge in [-0.3, -0.25) is 14.2 Å². The third-order valence-corrected chi connectivity index (χ3v) is 7.88. The highest BCUT2D eigenvalue weighted by atomic mass is 32.1. The van der Waals surface area contributed by atoms with Crippen molar-refractivity contribution in [3.8, 4) is 22.1 Å². The van der Waals surface area contributed by atoms with Crippen LogP contribution < -0.4 is 26.8 Å². The van der Waals surface area contributed by atoms with E-state index in [1.54, 1.807) is 24.3 Å². The first-order valence-corrected chi connectivity index (χ1v) is 13.9. The molecule has 0 unspecified atom stereocenters. The summed E-state index contributed by atoms with van der Waals surface area (Å²) in [5, 5.41) is 10.8. The number of carbonyl (C=O) groups excluding carboxylic acids is 1. The van der Waals surface area contributed by atoms with Crippen LogP contribution in [0.5, 0.6) is 5.88 Å². The molecule has 0 fully saturated rings. The lowest BCUT2D eigenvalue weighted by Crippen LogP contribution is -2.39. The summed E-state index contributed by atoms with van der Waals surface area (Å²) in [6.45, 7) is -0.0523. The van der Waals surface area contributed by atoms with Gasteiger partial charge in [-0.1, -0.05) is 24.3 Å². The molecular weight excluding hydrogens is 596 g/mol. The molecule has 15 heteroatoms. The smallest absolute Gasteiger partial charge is 0.343 e. The van der Waals surface area contributed by atoms with Crippen molar-refractivity contribution in [2.75, 3.05) is 33.6 Å². The van der Waals surface area contributed by atoms with Gasteiger partial charge in [0, 0.05) is 28.7 Å². The van der Waals surface area contributed by atoms with Crippen molar-refractivity contribution >= 4 is 33.3 Å². The summed E-state index contributed by atoms with van der Waals surface area (Å²) in [5.41, 5.74) is 2.44. The number of amides is 2. The summed E-state index contributed by atoms with van der Waals surface area (Å²) < 4.78 is 36.2. The molecule has 0 aliphatic heterocycles. The van der Waals surface area contributed by atoms with E-state index in [4.69, 9.17) is 4.74 Å². The van der Waals surface area contributed by atoms with Crippen molar-refractivity contribution in [1.82, 2.24) is 29.7 Å². The number of thiophene rings is 1. The fourth-order valence-corrected chi connectivity index (χ4v) is 5.95. The summed E-state index contributed by atoms with van der Waals surface area (Å²) in [4.78, 5) is 47.4. The average Bonchev–Trinajstić information content (AvgIpc) is 3.36. The number of aromatic nitrogens is 4. The summed E-state index contributed by atoms with van der Waals surface area (Å²) in [7, 11) is 6.38. The van der Waals surface area contributed by atoms with Crippen LogP contribution in [0.25, 0.3) is 26.5 Å². The van der Waals surface area contributed by atoms with Gasteiger partial charge in [0.15, 0.2) is 17.5 Å². The first-order valence-electron chi connectivity index (χ1n) is 13.1. The predicted molar refractivity (Wildman–Crippen MR) is 161 cm³/mol. The minimum absolute atomic E-state index is 0.0653. The fourth-order valence-electron chi connectivity index (χ4n) is 4.65. The Morgan fingerprint density at radius 2 is 1.77 bits per heavy atom. The minimum Gasteiger partial charge on any atom is -0.480 e. The number of rotatable bonds is 9. The van der Waals surface area contributed by atoms with Crippen molar-refractivity contribution < 1.29 is 23.1 Å². The molecule has 5 aromatic rings. The van der Waals surface area contributed by atoms with Gasteiger partial charge in [0.1, 0.15) is 4.83 Å². The topological polar surface area (TPSA) is 133 Å². The maximum absolute atomic E-state index is 14.9. The molecule has 228 valence electrons. The van der Waals surface area contributed by atoms with Crippen molar-refractivity contribution in [3.63, 3.8) is 0 Å². The second-order valence-corrected chi connectivity index (χ2v) is 10.8. The lowest BCUT2D eigenvalue weighted by Gasteiger charge is -2.14. The van der Waals surface area contributed by atoms with E-state index in [1.165, 1.54) is 54.4 Å². The number of ether oxygens (including phenoxy) is 1. The molecule has 0 radical (unpaired) electrons. The number of hydrogen-bond acceptors (Lipinski definition) is 9. The van der Waals surface area contributed by atoms with Gasteiger partial charge < -0.3 is 15.0 Å². The molecule has 0 spiro atoms. The maximum Gasteiger partial charge on any atom is 0.343 e. The molecule has 0 atom stereocenters. The van der Waals surface area contributed by atoms with E-state index in [0.717, 1.165) is 10.6 Å². The largest absolute Gasteiger partial charge is 0.480 e. The van der Waals surface area contributed by atoms with Crippen LogP contribution in [0.2, 0.25) is 0 Å². The summed E-state index contributed by atoms with van der Waals surface area (Å²) in [6, 6.07) is 12.9. The Hall–Kier alpha value is -4.99. The Morgan fingerprint density at radius 3 is 2.41 bits per heavy atom. The fraction of sp³-hybridized carbons (Fsp3) is 0.207. The number of benzene rings is 2. The first kappa shape index (κ1) is 30.5. The lowest BCUT2D eigenvalue weighted by atomic mass is 10.1. The molecule has 2 N–H and O–H groups in total. The van der Waals surface area contributed by atoms with Crippen LogP contribution in [0.3, 0.4) is 0 Å². The van der Waals surface area contributed by atoms with Crippen molar-refractivity contribution in [2.24, 2.45) is 0 Å². The van der Waals surface area contributed by atoms with Crippen molar-refractivity contribution in [3.05, 3.63) is 98.2 Å². The van der Waals surface area contributed by atoms with Crippen LogP contribution in [0.15, 0.2) is 64.2 Å². The van der Waals surface area contributed by atoms with Crippen LogP contribution in [0.1, 0.15) is 11.1 Å². The van der Waals surface area contributed by atoms with Gasteiger partial charge in [0.05, 0.1) is 26.2 Å². The Balaban J connectivity index is 1.78. The van der Waals surface area contributed by atoms with Gasteiger partial charge in [0.25, 0.3) is 5.56 Å². The number of anilines is 1. The first-order chi connectivity index (χ1) is 21.1. The molecule has 5 rings (SSSR count). The van der Waals surface area contributed by atoms with Gasteiger partial charge in [-0.25, -0.2) is 28.4 Å². The zero-order valence-electron chi connectivity index (χ0n) is 24.1. The van der Waals surface area contributed by atoms with Crippen molar-refractivity contribution in [1.29, 1.82) is 0 Å². The third kappa shape index (κ3) is 5.92. The molecule has 3 heterocycles. The molecule has 0 saturated carbocycles. The van der Waals surface area contributed by atoms with Crippen LogP contribution >= 0.6 is 11.3 Å². The van der Waals surface area contributed by atoms with Gasteiger partial charge >= 0.3 is 11.7 Å². The number of hydrogen-bond donors (Lipinski definition) is 2. The zero-order valence-corrected chi connectivity index (χ0v) is 24.9. The Labute approximate surface area is 253 Å². The zero-order chi connectivity index (χ0) is 31.5. The molecule has 12 nitrogen and oxygen atoms in total. The highest BCUT2D eigenvalue weighted by molar-refractivity contribution is 7.22. The molecular formula is C29H27F2N7O5S. The number of urea groups is 1. The number of methoxy groups -OCH3 is 1. The second-order valence-electron chi connectivity index (χ2n) is 9.82. The number of hydroxylamine groups is 1. The van der Waals surface area contributed by atoms with Crippen LogP contribution in [0, 0.1) is 11.6 Å². The van der Waals surface area contributed by atoms with E-state index in [1.807, 2.05) is 19.0 Å². The molecule has 44 heavy (non-hydrogen) atoms. The molecule has 2 amide bonds. The van der Waals surface area contributed by atoms with E-state index >= 15 is 0 Å². The summed E-state index contributed by atoms with van der Waals surface area (Å²) in [5.74, 6) is -2.05. The van der Waals surface area contributed by atoms with Gasteiger partial charge in [-0.2, -0.15) is 0 Å². The van der Waals surface area contributed by atoms with Gasteiger partial charge in [-0.15, -0.1) is 21.5 Å². The third-order valence-electron chi connectivity index (χ3n) is 6.57. The van der Waals surface area contributed by atoms with E-state index in [9.17, 15) is 23.2 Å². The molecule has 2 aromatic carbocycles. The Kier molecular flexibility index (Phi) is 8.80. The molecule has 0 aliphatic carbocycles. The lowest BCUT2D eigenvalue weighted by molar-refractivity contribution is 0.114. The van der Waals surface area contributed by atoms with Gasteiger partial charge in [-0.05, 0) is 49.5 Å². The van der Waals surface area contributed by atoms with E-state index in [2.05, 4.69) is 25.8 Å². The number of nitrogens with one attached hydrogen (secondary N) is 2. The van der Waals surface area contributed by atoms with E-state index < -0.39 is 28.9 Å². The van der Waals surface area contributed by atoms with E-state index in [0.29, 0.717) is 28.2 Å². The predicted octanol–water partition coefficient (Wildman–Crippen LogP) is 3.75. The summed E-state index contributed by atoms with van der Waals surface area (Å²) >= 11 is 1.17. The van der Waals surface area contributed by atoms with Crippen molar-refractivity contribution in [2.45, 2.75) is 13.1 Å². The summed E-state index contributed by atoms with van der Waals surface area (Å²) in [6.07, 6.45) is 0. The molecule has 3 aromatic heterocycles. The number of carbonyl (C=O) groups is 1. The molecule has 0 bridgehead atoms. The van der Waals surface area contributed by atoms with Crippen LogP contribution in [-0.4, -0.2) is 58.6 Å².